The molecule has 2 aromatic carbocycles. The number of aryl methyl sites for hydroxylation is 1. The van der Waals surface area contributed by atoms with Crippen molar-refractivity contribution in [2.24, 2.45) is 0 Å². The van der Waals surface area contributed by atoms with Gasteiger partial charge in [0.05, 0.1) is 0 Å². The van der Waals surface area contributed by atoms with Crippen LogP contribution in [0.4, 0.5) is 11.4 Å². The quantitative estimate of drug-likeness (QED) is 0.697. The van der Waals surface area contributed by atoms with Crippen LogP contribution in [0.5, 0.6) is 0 Å². The van der Waals surface area contributed by atoms with Gasteiger partial charge in [-0.05, 0) is 48.9 Å². The van der Waals surface area contributed by atoms with Gasteiger partial charge in [0.1, 0.15) is 11.3 Å². The zero-order valence-corrected chi connectivity index (χ0v) is 14.0. The van der Waals surface area contributed by atoms with Crippen LogP contribution < -0.4 is 10.6 Å². The van der Waals surface area contributed by atoms with Crippen LogP contribution in [0.1, 0.15) is 18.2 Å². The molecule has 126 valence electrons. The Morgan fingerprint density at radius 1 is 1.04 bits per heavy atom. The number of para-hydroxylation sites is 1. The van der Waals surface area contributed by atoms with Crippen molar-refractivity contribution < 1.29 is 14.0 Å². The molecule has 0 saturated heterocycles. The maximum Gasteiger partial charge on any atom is 0.248 e. The van der Waals surface area contributed by atoms with Gasteiger partial charge in [-0.25, -0.2) is 0 Å². The monoisotopic (exact) mass is 334 g/mol. The van der Waals surface area contributed by atoms with E-state index in [9.17, 15) is 9.59 Å². The van der Waals surface area contributed by atoms with Crippen molar-refractivity contribution in [3.8, 4) is 0 Å². The summed E-state index contributed by atoms with van der Waals surface area (Å²) in [5, 5.41) is 6.51. The molecule has 0 fully saturated rings. The third-order valence-corrected chi connectivity index (χ3v) is 3.65. The molecule has 25 heavy (non-hydrogen) atoms. The van der Waals surface area contributed by atoms with E-state index in [-0.39, 0.29) is 11.8 Å². The number of rotatable bonds is 4. The molecule has 1 aromatic heterocycles. The summed E-state index contributed by atoms with van der Waals surface area (Å²) in [6.07, 6.45) is 3.06. The number of amides is 2. The highest BCUT2D eigenvalue weighted by Crippen LogP contribution is 2.21. The smallest absolute Gasteiger partial charge is 0.248 e. The minimum atomic E-state index is -0.257. The Balaban J connectivity index is 1.67. The largest absolute Gasteiger partial charge is 0.457 e. The number of anilines is 2. The molecular weight excluding hydrogens is 316 g/mol. The minimum Gasteiger partial charge on any atom is -0.457 e. The van der Waals surface area contributed by atoms with Gasteiger partial charge in [-0.3, -0.25) is 9.59 Å². The number of furan rings is 1. The van der Waals surface area contributed by atoms with Gasteiger partial charge in [0.15, 0.2) is 0 Å². The fraction of sp³-hybridized carbons (Fsp3) is 0.100. The lowest BCUT2D eigenvalue weighted by Gasteiger charge is -2.09. The van der Waals surface area contributed by atoms with E-state index in [1.165, 1.54) is 13.0 Å². The van der Waals surface area contributed by atoms with E-state index in [1.807, 2.05) is 37.3 Å². The number of fused-ring (bicyclic) bond motifs is 1. The average molecular weight is 334 g/mol. The fourth-order valence-electron chi connectivity index (χ4n) is 2.50. The van der Waals surface area contributed by atoms with E-state index < -0.39 is 0 Å². The molecule has 5 nitrogen and oxygen atoms in total. The van der Waals surface area contributed by atoms with Crippen molar-refractivity contribution in [2.75, 3.05) is 10.6 Å². The summed E-state index contributed by atoms with van der Waals surface area (Å²) in [4.78, 5) is 23.2. The Hall–Kier alpha value is -3.34. The molecule has 5 heteroatoms. The number of carbonyl (C=O) groups excluding carboxylic acids is 2. The van der Waals surface area contributed by atoms with E-state index in [2.05, 4.69) is 10.6 Å². The van der Waals surface area contributed by atoms with E-state index in [1.54, 1.807) is 24.3 Å². The summed E-state index contributed by atoms with van der Waals surface area (Å²) in [6, 6.07) is 14.9. The molecule has 0 radical (unpaired) electrons. The van der Waals surface area contributed by atoms with Crippen LogP contribution in [0, 0.1) is 6.92 Å². The Morgan fingerprint density at radius 3 is 2.56 bits per heavy atom. The average Bonchev–Trinajstić information content (AvgIpc) is 2.98. The Morgan fingerprint density at radius 2 is 1.84 bits per heavy atom. The molecule has 0 unspecified atom stereocenters. The van der Waals surface area contributed by atoms with Crippen molar-refractivity contribution in [2.45, 2.75) is 13.8 Å². The Bertz CT molecular complexity index is 937. The molecule has 0 aliphatic carbocycles. The molecule has 3 rings (SSSR count). The van der Waals surface area contributed by atoms with Gasteiger partial charge in [0.2, 0.25) is 11.8 Å². The van der Waals surface area contributed by atoms with Gasteiger partial charge < -0.3 is 15.1 Å². The third-order valence-electron chi connectivity index (χ3n) is 3.65. The first-order valence-electron chi connectivity index (χ1n) is 7.87. The highest BCUT2D eigenvalue weighted by molar-refractivity contribution is 6.02. The third kappa shape index (κ3) is 4.14. The molecule has 0 saturated carbocycles. The van der Waals surface area contributed by atoms with Gasteiger partial charge in [-0.15, -0.1) is 0 Å². The normalized spacial score (nSPS) is 11.0. The van der Waals surface area contributed by atoms with Gasteiger partial charge in [0.25, 0.3) is 0 Å². The second-order valence-electron chi connectivity index (χ2n) is 5.72. The molecule has 0 bridgehead atoms. The summed E-state index contributed by atoms with van der Waals surface area (Å²) in [6.45, 7) is 3.32. The predicted molar refractivity (Wildman–Crippen MR) is 99.4 cm³/mol. The van der Waals surface area contributed by atoms with Crippen LogP contribution in [0.2, 0.25) is 0 Å². The summed E-state index contributed by atoms with van der Waals surface area (Å²) >= 11 is 0. The van der Waals surface area contributed by atoms with Gasteiger partial charge in [0, 0.05) is 29.8 Å². The van der Waals surface area contributed by atoms with Crippen molar-refractivity contribution in [3.05, 3.63) is 65.9 Å². The highest BCUT2D eigenvalue weighted by atomic mass is 16.3. The molecule has 1 heterocycles. The topological polar surface area (TPSA) is 71.3 Å². The number of nitrogens with one attached hydrogen (secondary N) is 2. The van der Waals surface area contributed by atoms with Crippen molar-refractivity contribution in [1.82, 2.24) is 0 Å². The minimum absolute atomic E-state index is 0.131. The first-order chi connectivity index (χ1) is 12.0. The SMILES string of the molecule is CC(=O)Nc1ccc(NC(=O)/C=C/c2cc3ccccc3o2)cc1C. The molecule has 2 amide bonds. The number of hydrogen-bond acceptors (Lipinski definition) is 3. The van der Waals surface area contributed by atoms with Crippen LogP contribution in [0.25, 0.3) is 17.0 Å². The molecule has 3 aromatic rings. The lowest BCUT2D eigenvalue weighted by Crippen LogP contribution is -2.10. The maximum atomic E-state index is 12.1. The van der Waals surface area contributed by atoms with E-state index in [4.69, 9.17) is 4.42 Å². The molecule has 0 atom stereocenters. The molecular formula is C20H18N2O3. The van der Waals surface area contributed by atoms with Gasteiger partial charge in [-0.1, -0.05) is 18.2 Å². The van der Waals surface area contributed by atoms with Crippen LogP contribution in [-0.4, -0.2) is 11.8 Å². The molecule has 0 aliphatic heterocycles. The fourth-order valence-corrected chi connectivity index (χ4v) is 2.50. The van der Waals surface area contributed by atoms with Crippen molar-refractivity contribution in [3.63, 3.8) is 0 Å². The molecule has 0 spiro atoms. The molecule has 2 N–H and O–H groups in total. The first kappa shape index (κ1) is 16.5. The van der Waals surface area contributed by atoms with E-state index >= 15 is 0 Å². The number of carbonyl (C=O) groups is 2. The number of hydrogen-bond donors (Lipinski definition) is 2. The summed E-state index contributed by atoms with van der Waals surface area (Å²) in [5.41, 5.74) is 3.04. The van der Waals surface area contributed by atoms with Crippen LogP contribution in [0.3, 0.4) is 0 Å². The second kappa shape index (κ2) is 7.05. The zero-order chi connectivity index (χ0) is 17.8. The summed E-state index contributed by atoms with van der Waals surface area (Å²) in [7, 11) is 0. The van der Waals surface area contributed by atoms with E-state index in [0.29, 0.717) is 11.4 Å². The van der Waals surface area contributed by atoms with E-state index in [0.717, 1.165) is 22.2 Å². The zero-order valence-electron chi connectivity index (χ0n) is 14.0. The first-order valence-corrected chi connectivity index (χ1v) is 7.87. The molecule has 0 aliphatic rings. The van der Waals surface area contributed by atoms with Crippen molar-refractivity contribution >= 4 is 40.2 Å². The number of benzene rings is 2. The second-order valence-corrected chi connectivity index (χ2v) is 5.72. The summed E-state index contributed by atoms with van der Waals surface area (Å²) < 4.78 is 5.63. The Labute approximate surface area is 145 Å². The maximum absolute atomic E-state index is 12.1. The standard InChI is InChI=1S/C20H18N2O3/c1-13-11-16(7-9-18(13)21-14(2)23)22-20(24)10-8-17-12-15-5-3-4-6-19(15)25-17/h3-12H,1-2H3,(H,21,23)(H,22,24)/b10-8+. The van der Waals surface area contributed by atoms with Gasteiger partial charge >= 0.3 is 0 Å². The summed E-state index contributed by atoms with van der Waals surface area (Å²) in [5.74, 6) is 0.231. The van der Waals surface area contributed by atoms with Crippen LogP contribution >= 0.6 is 0 Å². The van der Waals surface area contributed by atoms with Crippen molar-refractivity contribution in [1.29, 1.82) is 0 Å². The Kier molecular flexibility index (Phi) is 4.66. The lowest BCUT2D eigenvalue weighted by molar-refractivity contribution is -0.114. The van der Waals surface area contributed by atoms with Gasteiger partial charge in [-0.2, -0.15) is 0 Å². The highest BCUT2D eigenvalue weighted by Gasteiger charge is 2.04. The lowest BCUT2D eigenvalue weighted by atomic mass is 10.1. The van der Waals surface area contributed by atoms with Crippen LogP contribution in [0.15, 0.2) is 59.0 Å². The van der Waals surface area contributed by atoms with Crippen LogP contribution in [-0.2, 0) is 9.59 Å². The predicted octanol–water partition coefficient (Wildman–Crippen LogP) is 4.35.